The van der Waals surface area contributed by atoms with E-state index in [1.807, 2.05) is 14.0 Å². The number of methoxy groups -OCH3 is 1. The summed E-state index contributed by atoms with van der Waals surface area (Å²) in [6, 6.07) is 0. The topological polar surface area (TPSA) is 38.8 Å². The molecule has 0 radical (unpaired) electrons. The van der Waals surface area contributed by atoms with Crippen LogP contribution in [0.3, 0.4) is 0 Å². The van der Waals surface area contributed by atoms with Crippen LogP contribution in [-0.2, 0) is 14.3 Å². The lowest BCUT2D eigenvalue weighted by molar-refractivity contribution is -0.143. The van der Waals surface area contributed by atoms with Crippen molar-refractivity contribution in [3.63, 3.8) is 0 Å². The molecule has 4 nitrogen and oxygen atoms in total. The second-order valence-corrected chi connectivity index (χ2v) is 5.46. The first kappa shape index (κ1) is 16.4. The predicted molar refractivity (Wildman–Crippen MR) is 76.1 cm³/mol. The maximum absolute atomic E-state index is 11.2. The van der Waals surface area contributed by atoms with Crippen molar-refractivity contribution < 1.29 is 14.3 Å². The molecule has 0 aromatic rings. The van der Waals surface area contributed by atoms with Crippen LogP contribution in [0.15, 0.2) is 0 Å². The van der Waals surface area contributed by atoms with Crippen LogP contribution in [-0.4, -0.2) is 50.3 Å². The first-order chi connectivity index (χ1) is 9.17. The molecule has 1 heterocycles. The van der Waals surface area contributed by atoms with Crippen LogP contribution in [0.2, 0.25) is 0 Å². The molecule has 1 aliphatic rings. The predicted octanol–water partition coefficient (Wildman–Crippen LogP) is 2.47. The number of ether oxygens (including phenoxy) is 2. The minimum absolute atomic E-state index is 0.0613. The first-order valence-corrected chi connectivity index (χ1v) is 7.58. The summed E-state index contributed by atoms with van der Waals surface area (Å²) in [5.74, 6) is 0.610. The van der Waals surface area contributed by atoms with Gasteiger partial charge in [-0.1, -0.05) is 13.3 Å². The average molecular weight is 271 g/mol. The summed E-state index contributed by atoms with van der Waals surface area (Å²) in [6.45, 7) is 7.96. The molecule has 1 fully saturated rings. The maximum atomic E-state index is 11.2. The van der Waals surface area contributed by atoms with E-state index < -0.39 is 0 Å². The Kier molecular flexibility index (Phi) is 8.07. The summed E-state index contributed by atoms with van der Waals surface area (Å²) in [6.07, 6.45) is 5.37. The van der Waals surface area contributed by atoms with E-state index in [0.29, 0.717) is 25.0 Å². The van der Waals surface area contributed by atoms with Crippen LogP contribution >= 0.6 is 0 Å². The van der Waals surface area contributed by atoms with Gasteiger partial charge in [-0.3, -0.25) is 4.79 Å². The Labute approximate surface area is 117 Å². The first-order valence-electron chi connectivity index (χ1n) is 7.58. The van der Waals surface area contributed by atoms with E-state index in [1.165, 1.54) is 13.0 Å². The van der Waals surface area contributed by atoms with E-state index in [0.717, 1.165) is 32.4 Å². The molecule has 1 saturated heterocycles. The molecule has 2 atom stereocenters. The zero-order valence-corrected chi connectivity index (χ0v) is 12.7. The molecule has 0 aromatic heterocycles. The third-order valence-electron chi connectivity index (χ3n) is 3.94. The SMILES string of the molecule is CCOC(=O)CCCCCN1CCC(C)C(OC)C1. The molecule has 4 heteroatoms. The highest BCUT2D eigenvalue weighted by atomic mass is 16.5. The van der Waals surface area contributed by atoms with Crippen molar-refractivity contribution in [3.8, 4) is 0 Å². The number of carbonyl (C=O) groups is 1. The van der Waals surface area contributed by atoms with Gasteiger partial charge < -0.3 is 14.4 Å². The Morgan fingerprint density at radius 2 is 2.11 bits per heavy atom. The molecule has 0 aliphatic carbocycles. The Morgan fingerprint density at radius 3 is 2.79 bits per heavy atom. The van der Waals surface area contributed by atoms with Gasteiger partial charge in [0.2, 0.25) is 0 Å². The van der Waals surface area contributed by atoms with Crippen molar-refractivity contribution in [2.45, 2.75) is 52.1 Å². The van der Waals surface area contributed by atoms with Gasteiger partial charge in [0.05, 0.1) is 12.7 Å². The smallest absolute Gasteiger partial charge is 0.305 e. The molecule has 1 aliphatic heterocycles. The number of esters is 1. The van der Waals surface area contributed by atoms with E-state index in [9.17, 15) is 4.79 Å². The molecule has 0 aromatic carbocycles. The lowest BCUT2D eigenvalue weighted by Gasteiger charge is -2.36. The van der Waals surface area contributed by atoms with Gasteiger partial charge in [0.1, 0.15) is 0 Å². The zero-order valence-electron chi connectivity index (χ0n) is 12.7. The number of carbonyl (C=O) groups excluding carboxylic acids is 1. The average Bonchev–Trinajstić information content (AvgIpc) is 2.40. The number of nitrogens with zero attached hydrogens (tertiary/aromatic N) is 1. The van der Waals surface area contributed by atoms with Crippen molar-refractivity contribution in [1.29, 1.82) is 0 Å². The standard InChI is InChI=1S/C15H29NO3/c1-4-19-15(17)8-6-5-7-10-16-11-9-13(2)14(12-16)18-3/h13-14H,4-12H2,1-3H3. The highest BCUT2D eigenvalue weighted by Gasteiger charge is 2.25. The van der Waals surface area contributed by atoms with E-state index in [-0.39, 0.29) is 5.97 Å². The molecule has 1 rings (SSSR count). The van der Waals surface area contributed by atoms with Crippen molar-refractivity contribution in [1.82, 2.24) is 4.90 Å². The van der Waals surface area contributed by atoms with Crippen molar-refractivity contribution in [2.24, 2.45) is 5.92 Å². The third-order valence-corrected chi connectivity index (χ3v) is 3.94. The minimum Gasteiger partial charge on any atom is -0.466 e. The van der Waals surface area contributed by atoms with Crippen LogP contribution in [0.25, 0.3) is 0 Å². The molecule has 0 amide bonds. The lowest BCUT2D eigenvalue weighted by Crippen LogP contribution is -2.44. The Morgan fingerprint density at radius 1 is 1.32 bits per heavy atom. The Bertz CT molecular complexity index is 258. The molecule has 0 spiro atoms. The van der Waals surface area contributed by atoms with Crippen LogP contribution < -0.4 is 0 Å². The number of piperidine rings is 1. The zero-order chi connectivity index (χ0) is 14.1. The van der Waals surface area contributed by atoms with E-state index >= 15 is 0 Å². The lowest BCUT2D eigenvalue weighted by atomic mass is 9.95. The second-order valence-electron chi connectivity index (χ2n) is 5.46. The van der Waals surface area contributed by atoms with Gasteiger partial charge in [-0.2, -0.15) is 0 Å². The fourth-order valence-corrected chi connectivity index (χ4v) is 2.62. The van der Waals surface area contributed by atoms with Crippen molar-refractivity contribution in [3.05, 3.63) is 0 Å². The normalized spacial score (nSPS) is 24.4. The van der Waals surface area contributed by atoms with E-state index in [2.05, 4.69) is 11.8 Å². The Balaban J connectivity index is 2.05. The fourth-order valence-electron chi connectivity index (χ4n) is 2.62. The van der Waals surface area contributed by atoms with Crippen LogP contribution in [0.4, 0.5) is 0 Å². The van der Waals surface area contributed by atoms with Crippen molar-refractivity contribution in [2.75, 3.05) is 33.4 Å². The van der Waals surface area contributed by atoms with Gasteiger partial charge in [-0.15, -0.1) is 0 Å². The summed E-state index contributed by atoms with van der Waals surface area (Å²) in [5, 5.41) is 0. The monoisotopic (exact) mass is 271 g/mol. The van der Waals surface area contributed by atoms with E-state index in [4.69, 9.17) is 9.47 Å². The molecular weight excluding hydrogens is 242 g/mol. The minimum atomic E-state index is -0.0613. The molecule has 0 N–H and O–H groups in total. The van der Waals surface area contributed by atoms with Crippen molar-refractivity contribution >= 4 is 5.97 Å². The number of unbranched alkanes of at least 4 members (excludes halogenated alkanes) is 2. The van der Waals surface area contributed by atoms with Gasteiger partial charge >= 0.3 is 5.97 Å². The number of likely N-dealkylation sites (tertiary alicyclic amines) is 1. The molecule has 0 saturated carbocycles. The second kappa shape index (κ2) is 9.32. The quantitative estimate of drug-likeness (QED) is 0.502. The summed E-state index contributed by atoms with van der Waals surface area (Å²) in [5.41, 5.74) is 0. The molecule has 2 unspecified atom stereocenters. The van der Waals surface area contributed by atoms with Crippen LogP contribution in [0.1, 0.15) is 46.0 Å². The van der Waals surface area contributed by atoms with E-state index in [1.54, 1.807) is 0 Å². The fraction of sp³-hybridized carbons (Fsp3) is 0.933. The number of hydrogen-bond acceptors (Lipinski definition) is 4. The summed E-state index contributed by atoms with van der Waals surface area (Å²) < 4.78 is 10.4. The highest BCUT2D eigenvalue weighted by Crippen LogP contribution is 2.19. The summed E-state index contributed by atoms with van der Waals surface area (Å²) >= 11 is 0. The van der Waals surface area contributed by atoms with Gasteiger partial charge in [-0.05, 0) is 45.2 Å². The largest absolute Gasteiger partial charge is 0.466 e. The molecule has 0 bridgehead atoms. The highest BCUT2D eigenvalue weighted by molar-refractivity contribution is 5.69. The van der Waals surface area contributed by atoms with Gasteiger partial charge in [0.15, 0.2) is 0 Å². The molecular formula is C15H29NO3. The number of hydrogen-bond donors (Lipinski definition) is 0. The molecule has 19 heavy (non-hydrogen) atoms. The van der Waals surface area contributed by atoms with Crippen LogP contribution in [0, 0.1) is 5.92 Å². The van der Waals surface area contributed by atoms with Gasteiger partial charge in [0.25, 0.3) is 0 Å². The Hall–Kier alpha value is -0.610. The van der Waals surface area contributed by atoms with Gasteiger partial charge in [-0.25, -0.2) is 0 Å². The number of rotatable bonds is 8. The van der Waals surface area contributed by atoms with Crippen LogP contribution in [0.5, 0.6) is 0 Å². The van der Waals surface area contributed by atoms with Gasteiger partial charge in [0, 0.05) is 20.1 Å². The summed E-state index contributed by atoms with van der Waals surface area (Å²) in [7, 11) is 1.81. The summed E-state index contributed by atoms with van der Waals surface area (Å²) in [4.78, 5) is 13.7. The third kappa shape index (κ3) is 6.39. The molecule has 112 valence electrons. The maximum Gasteiger partial charge on any atom is 0.305 e.